The first kappa shape index (κ1) is 15.3. The minimum absolute atomic E-state index is 0. The van der Waals surface area contributed by atoms with Gasteiger partial charge >= 0.3 is 0 Å². The summed E-state index contributed by atoms with van der Waals surface area (Å²) in [7, 11) is 1.57. The fraction of sp³-hybridized carbons (Fsp3) is 0.462. The molecule has 1 aliphatic rings. The Morgan fingerprint density at radius 3 is 2.89 bits per heavy atom. The Kier molecular flexibility index (Phi) is 5.93. The van der Waals surface area contributed by atoms with E-state index in [2.05, 4.69) is 5.32 Å². The van der Waals surface area contributed by atoms with Crippen LogP contribution in [-0.2, 0) is 0 Å². The van der Waals surface area contributed by atoms with Gasteiger partial charge in [0.2, 0.25) is 0 Å². The number of ketones is 1. The second kappa shape index (κ2) is 6.98. The van der Waals surface area contributed by atoms with Gasteiger partial charge in [-0.25, -0.2) is 0 Å². The van der Waals surface area contributed by atoms with Crippen molar-refractivity contribution in [2.24, 2.45) is 5.92 Å². The van der Waals surface area contributed by atoms with Gasteiger partial charge < -0.3 is 10.1 Å². The number of hydrogen-bond donors (Lipinski definition) is 1. The summed E-state index contributed by atoms with van der Waals surface area (Å²) in [6.07, 6.45) is 1.97. The van der Waals surface area contributed by atoms with Gasteiger partial charge in [-0.15, -0.1) is 12.4 Å². The molecule has 1 aliphatic heterocycles. The second-order valence-corrected chi connectivity index (χ2v) is 4.69. The van der Waals surface area contributed by atoms with Crippen LogP contribution in [0.5, 0.6) is 5.75 Å². The Balaban J connectivity index is 0.00000162. The zero-order valence-electron chi connectivity index (χ0n) is 10.2. The first-order valence-corrected chi connectivity index (χ1v) is 6.18. The lowest BCUT2D eigenvalue weighted by Gasteiger charge is -2.22. The molecular weight excluding hydrogens is 273 g/mol. The van der Waals surface area contributed by atoms with E-state index in [0.29, 0.717) is 16.3 Å². The number of ether oxygens (including phenoxy) is 1. The highest BCUT2D eigenvalue weighted by Gasteiger charge is 2.24. The van der Waals surface area contributed by atoms with Crippen molar-refractivity contribution < 1.29 is 9.53 Å². The molecule has 3 nitrogen and oxygen atoms in total. The Bertz CT molecular complexity index is 417. The van der Waals surface area contributed by atoms with Gasteiger partial charge in [0, 0.05) is 17.5 Å². The average Bonchev–Trinajstić information content (AvgIpc) is 2.39. The van der Waals surface area contributed by atoms with E-state index < -0.39 is 0 Å². The van der Waals surface area contributed by atoms with E-state index in [1.165, 1.54) is 0 Å². The molecule has 1 fully saturated rings. The number of piperidine rings is 1. The Hall–Kier alpha value is -0.770. The summed E-state index contributed by atoms with van der Waals surface area (Å²) in [6.45, 7) is 1.74. The lowest BCUT2D eigenvalue weighted by Crippen LogP contribution is -2.34. The molecule has 0 saturated carbocycles. The van der Waals surface area contributed by atoms with Crippen molar-refractivity contribution in [3.63, 3.8) is 0 Å². The van der Waals surface area contributed by atoms with E-state index in [9.17, 15) is 4.79 Å². The molecule has 1 unspecified atom stereocenters. The third-order valence-electron chi connectivity index (χ3n) is 3.09. The number of hydrogen-bond acceptors (Lipinski definition) is 3. The number of nitrogens with one attached hydrogen (secondary N) is 1. The first-order valence-electron chi connectivity index (χ1n) is 5.81. The van der Waals surface area contributed by atoms with Crippen LogP contribution < -0.4 is 10.1 Å². The fourth-order valence-corrected chi connectivity index (χ4v) is 2.34. The molecular formula is C13H17Cl2NO2. The maximum absolute atomic E-state index is 12.4. The molecule has 1 atom stereocenters. The van der Waals surface area contributed by atoms with Crippen LogP contribution in [0, 0.1) is 5.92 Å². The highest BCUT2D eigenvalue weighted by Crippen LogP contribution is 2.27. The fourth-order valence-electron chi connectivity index (χ4n) is 2.17. The molecule has 0 aliphatic carbocycles. The summed E-state index contributed by atoms with van der Waals surface area (Å²) in [5.41, 5.74) is 0.591. The number of benzene rings is 1. The van der Waals surface area contributed by atoms with Gasteiger partial charge in [0.25, 0.3) is 0 Å². The van der Waals surface area contributed by atoms with E-state index >= 15 is 0 Å². The predicted octanol–water partition coefficient (Wildman–Crippen LogP) is 2.95. The highest BCUT2D eigenvalue weighted by atomic mass is 35.5. The Morgan fingerprint density at radius 2 is 2.28 bits per heavy atom. The highest BCUT2D eigenvalue weighted by molar-refractivity contribution is 6.31. The number of carbonyl (C=O) groups excluding carboxylic acids is 1. The van der Waals surface area contributed by atoms with Gasteiger partial charge in [-0.05, 0) is 37.6 Å². The van der Waals surface area contributed by atoms with Crippen molar-refractivity contribution in [1.82, 2.24) is 5.32 Å². The average molecular weight is 290 g/mol. The number of carbonyl (C=O) groups is 1. The molecule has 1 aromatic rings. The van der Waals surface area contributed by atoms with E-state index in [1.54, 1.807) is 25.3 Å². The molecule has 0 amide bonds. The number of methoxy groups -OCH3 is 1. The zero-order valence-corrected chi connectivity index (χ0v) is 11.8. The number of rotatable bonds is 3. The van der Waals surface area contributed by atoms with Crippen molar-refractivity contribution in [2.75, 3.05) is 20.2 Å². The zero-order chi connectivity index (χ0) is 12.3. The predicted molar refractivity (Wildman–Crippen MR) is 75.2 cm³/mol. The molecule has 5 heteroatoms. The molecule has 2 rings (SSSR count). The van der Waals surface area contributed by atoms with Crippen LogP contribution in [-0.4, -0.2) is 26.0 Å². The van der Waals surface area contributed by atoms with Crippen LogP contribution in [0.25, 0.3) is 0 Å². The SMILES string of the molecule is COc1ccc(Cl)cc1C(=O)C1CCCNC1.Cl. The molecule has 18 heavy (non-hydrogen) atoms. The number of Topliss-reactive ketones (excluding diaryl/α,β-unsaturated/α-hetero) is 1. The number of halogens is 2. The molecule has 1 saturated heterocycles. The summed E-state index contributed by atoms with van der Waals surface area (Å²) in [6, 6.07) is 5.17. The molecule has 0 spiro atoms. The normalized spacial score (nSPS) is 18.9. The summed E-state index contributed by atoms with van der Waals surface area (Å²) >= 11 is 5.93. The van der Waals surface area contributed by atoms with Crippen LogP contribution in [0.3, 0.4) is 0 Å². The molecule has 100 valence electrons. The molecule has 1 aromatic carbocycles. The van der Waals surface area contributed by atoms with Gasteiger partial charge in [-0.1, -0.05) is 11.6 Å². The molecule has 1 N–H and O–H groups in total. The second-order valence-electron chi connectivity index (χ2n) is 4.25. The minimum atomic E-state index is 0. The smallest absolute Gasteiger partial charge is 0.170 e. The standard InChI is InChI=1S/C13H16ClNO2.ClH/c1-17-12-5-4-10(14)7-11(12)13(16)9-3-2-6-15-8-9;/h4-5,7,9,15H,2-3,6,8H2,1H3;1H. The van der Waals surface area contributed by atoms with Gasteiger partial charge in [0.05, 0.1) is 12.7 Å². The van der Waals surface area contributed by atoms with Crippen molar-refractivity contribution in [3.8, 4) is 5.75 Å². The monoisotopic (exact) mass is 289 g/mol. The van der Waals surface area contributed by atoms with Crippen molar-refractivity contribution in [3.05, 3.63) is 28.8 Å². The lowest BCUT2D eigenvalue weighted by molar-refractivity contribution is 0.0896. The van der Waals surface area contributed by atoms with Crippen molar-refractivity contribution in [2.45, 2.75) is 12.8 Å². The summed E-state index contributed by atoms with van der Waals surface area (Å²) in [5, 5.41) is 3.81. The van der Waals surface area contributed by atoms with Crippen molar-refractivity contribution in [1.29, 1.82) is 0 Å². The van der Waals surface area contributed by atoms with Crippen LogP contribution in [0.2, 0.25) is 5.02 Å². The quantitative estimate of drug-likeness (QED) is 0.870. The van der Waals surface area contributed by atoms with Crippen LogP contribution in [0.4, 0.5) is 0 Å². The van der Waals surface area contributed by atoms with Crippen LogP contribution in [0.15, 0.2) is 18.2 Å². The van der Waals surface area contributed by atoms with Crippen molar-refractivity contribution >= 4 is 29.8 Å². The van der Waals surface area contributed by atoms with Crippen LogP contribution in [0.1, 0.15) is 23.2 Å². The van der Waals surface area contributed by atoms with E-state index in [1.807, 2.05) is 0 Å². The Morgan fingerprint density at radius 1 is 1.50 bits per heavy atom. The molecule has 1 heterocycles. The Labute approximate surface area is 118 Å². The van der Waals surface area contributed by atoms with E-state index in [4.69, 9.17) is 16.3 Å². The van der Waals surface area contributed by atoms with Gasteiger partial charge in [0.15, 0.2) is 5.78 Å². The molecule has 0 radical (unpaired) electrons. The van der Waals surface area contributed by atoms with Crippen LogP contribution >= 0.6 is 24.0 Å². The molecule has 0 bridgehead atoms. The van der Waals surface area contributed by atoms with E-state index in [-0.39, 0.29) is 24.1 Å². The third kappa shape index (κ3) is 3.37. The van der Waals surface area contributed by atoms with Gasteiger partial charge in [-0.3, -0.25) is 4.79 Å². The maximum Gasteiger partial charge on any atom is 0.170 e. The first-order chi connectivity index (χ1) is 8.22. The lowest BCUT2D eigenvalue weighted by atomic mass is 9.90. The topological polar surface area (TPSA) is 38.3 Å². The van der Waals surface area contributed by atoms with E-state index in [0.717, 1.165) is 25.9 Å². The summed E-state index contributed by atoms with van der Waals surface area (Å²) in [4.78, 5) is 12.4. The largest absolute Gasteiger partial charge is 0.496 e. The van der Waals surface area contributed by atoms with Gasteiger partial charge in [-0.2, -0.15) is 0 Å². The third-order valence-corrected chi connectivity index (χ3v) is 3.33. The minimum Gasteiger partial charge on any atom is -0.496 e. The van der Waals surface area contributed by atoms with Gasteiger partial charge in [0.1, 0.15) is 5.75 Å². The summed E-state index contributed by atoms with van der Waals surface area (Å²) < 4.78 is 5.21. The summed E-state index contributed by atoms with van der Waals surface area (Å²) in [5.74, 6) is 0.762. The maximum atomic E-state index is 12.4. The molecule has 0 aromatic heterocycles.